The van der Waals surface area contributed by atoms with E-state index in [1.807, 2.05) is 25.6 Å². The molecular weight excluding hydrogens is 242 g/mol. The van der Waals surface area contributed by atoms with Crippen molar-refractivity contribution in [2.45, 2.75) is 39.2 Å². The van der Waals surface area contributed by atoms with Crippen molar-refractivity contribution >= 4 is 0 Å². The molecule has 102 valence electrons. The number of aromatic nitrogens is 4. The van der Waals surface area contributed by atoms with Gasteiger partial charge in [0, 0.05) is 12.7 Å². The fourth-order valence-electron chi connectivity index (χ4n) is 2.63. The molecule has 0 spiro atoms. The van der Waals surface area contributed by atoms with E-state index in [0.717, 1.165) is 35.7 Å². The van der Waals surface area contributed by atoms with Gasteiger partial charge in [-0.2, -0.15) is 10.1 Å². The molecule has 3 rings (SSSR count). The summed E-state index contributed by atoms with van der Waals surface area (Å²) in [6.45, 7) is 5.00. The number of nitrogens with one attached hydrogen (secondary N) is 1. The lowest BCUT2D eigenvalue weighted by Gasteiger charge is -2.19. The topological polar surface area (TPSA) is 68.8 Å². The van der Waals surface area contributed by atoms with Gasteiger partial charge in [-0.05, 0) is 33.2 Å². The van der Waals surface area contributed by atoms with Gasteiger partial charge in [-0.1, -0.05) is 11.6 Å². The zero-order chi connectivity index (χ0) is 13.4. The zero-order valence-electron chi connectivity index (χ0n) is 11.6. The summed E-state index contributed by atoms with van der Waals surface area (Å²) in [4.78, 5) is 4.55. The van der Waals surface area contributed by atoms with Crippen LogP contribution in [-0.2, 0) is 7.05 Å². The van der Waals surface area contributed by atoms with Crippen molar-refractivity contribution in [2.75, 3.05) is 6.54 Å². The van der Waals surface area contributed by atoms with E-state index in [1.54, 1.807) is 0 Å². The molecule has 3 heterocycles. The molecule has 0 bridgehead atoms. The van der Waals surface area contributed by atoms with Gasteiger partial charge in [0.25, 0.3) is 5.89 Å². The minimum absolute atomic E-state index is 0.225. The number of hydrogen-bond donors (Lipinski definition) is 1. The van der Waals surface area contributed by atoms with Crippen LogP contribution >= 0.6 is 0 Å². The van der Waals surface area contributed by atoms with Crippen LogP contribution in [0.2, 0.25) is 0 Å². The van der Waals surface area contributed by atoms with Crippen LogP contribution in [0.4, 0.5) is 0 Å². The van der Waals surface area contributed by atoms with Gasteiger partial charge in [-0.3, -0.25) is 4.68 Å². The molecule has 0 radical (unpaired) electrons. The van der Waals surface area contributed by atoms with Gasteiger partial charge in [0.15, 0.2) is 5.82 Å². The van der Waals surface area contributed by atoms with E-state index >= 15 is 0 Å². The Labute approximate surface area is 112 Å². The van der Waals surface area contributed by atoms with Crippen LogP contribution in [0.15, 0.2) is 4.52 Å². The van der Waals surface area contributed by atoms with Gasteiger partial charge < -0.3 is 9.84 Å². The van der Waals surface area contributed by atoms with Crippen LogP contribution in [0.3, 0.4) is 0 Å². The van der Waals surface area contributed by atoms with Gasteiger partial charge in [0.05, 0.1) is 17.3 Å². The Morgan fingerprint density at radius 3 is 2.79 bits per heavy atom. The first-order valence-electron chi connectivity index (χ1n) is 6.74. The highest BCUT2D eigenvalue weighted by atomic mass is 16.5. The molecule has 1 aliphatic rings. The molecule has 1 fully saturated rings. The summed E-state index contributed by atoms with van der Waals surface area (Å²) >= 11 is 0. The summed E-state index contributed by atoms with van der Waals surface area (Å²) in [5, 5.41) is 11.9. The minimum atomic E-state index is 0.225. The summed E-state index contributed by atoms with van der Waals surface area (Å²) in [7, 11) is 1.92. The largest absolute Gasteiger partial charge is 0.334 e. The van der Waals surface area contributed by atoms with Crippen molar-refractivity contribution in [3.8, 4) is 11.5 Å². The van der Waals surface area contributed by atoms with E-state index in [2.05, 4.69) is 20.6 Å². The monoisotopic (exact) mass is 261 g/mol. The van der Waals surface area contributed by atoms with Crippen LogP contribution in [0.5, 0.6) is 0 Å². The predicted octanol–water partition coefficient (Wildman–Crippen LogP) is 1.90. The second-order valence-corrected chi connectivity index (χ2v) is 5.13. The highest BCUT2D eigenvalue weighted by Gasteiger charge is 2.23. The summed E-state index contributed by atoms with van der Waals surface area (Å²) in [5.41, 5.74) is 2.92. The SMILES string of the molecule is Cc1nn(C)c(C)c1-c1nc(C2CCCCN2)no1. The van der Waals surface area contributed by atoms with Gasteiger partial charge in [0.2, 0.25) is 0 Å². The Balaban J connectivity index is 1.92. The number of rotatable bonds is 2. The summed E-state index contributed by atoms with van der Waals surface area (Å²) in [6.07, 6.45) is 3.51. The van der Waals surface area contributed by atoms with E-state index < -0.39 is 0 Å². The molecule has 0 aromatic carbocycles. The molecule has 0 amide bonds. The van der Waals surface area contributed by atoms with Crippen molar-refractivity contribution < 1.29 is 4.52 Å². The Morgan fingerprint density at radius 2 is 2.16 bits per heavy atom. The first-order chi connectivity index (χ1) is 9.16. The molecule has 19 heavy (non-hydrogen) atoms. The highest BCUT2D eigenvalue weighted by molar-refractivity contribution is 5.59. The summed E-state index contributed by atoms with van der Waals surface area (Å²) in [6, 6.07) is 0.225. The molecule has 6 heteroatoms. The Hall–Kier alpha value is -1.69. The Bertz CT molecular complexity index is 580. The first kappa shape index (κ1) is 12.3. The third-order valence-electron chi connectivity index (χ3n) is 3.79. The van der Waals surface area contributed by atoms with Gasteiger partial charge >= 0.3 is 0 Å². The average molecular weight is 261 g/mol. The van der Waals surface area contributed by atoms with Crippen LogP contribution in [0.1, 0.15) is 42.5 Å². The molecule has 1 N–H and O–H groups in total. The lowest BCUT2D eigenvalue weighted by molar-refractivity contribution is 0.367. The normalized spacial score (nSPS) is 19.8. The van der Waals surface area contributed by atoms with Crippen molar-refractivity contribution in [1.29, 1.82) is 0 Å². The fourth-order valence-corrected chi connectivity index (χ4v) is 2.63. The lowest BCUT2D eigenvalue weighted by Crippen LogP contribution is -2.27. The maximum absolute atomic E-state index is 5.42. The van der Waals surface area contributed by atoms with Crippen molar-refractivity contribution in [3.63, 3.8) is 0 Å². The third kappa shape index (κ3) is 2.16. The second kappa shape index (κ2) is 4.77. The third-order valence-corrected chi connectivity index (χ3v) is 3.79. The number of aryl methyl sites for hydroxylation is 2. The molecule has 1 atom stereocenters. The quantitative estimate of drug-likeness (QED) is 0.894. The van der Waals surface area contributed by atoms with Crippen LogP contribution in [0, 0.1) is 13.8 Å². The van der Waals surface area contributed by atoms with Crippen molar-refractivity contribution in [3.05, 3.63) is 17.2 Å². The molecule has 6 nitrogen and oxygen atoms in total. The molecule has 2 aromatic rings. The summed E-state index contributed by atoms with van der Waals surface area (Å²) in [5.74, 6) is 1.34. The second-order valence-electron chi connectivity index (χ2n) is 5.13. The number of piperidine rings is 1. The minimum Gasteiger partial charge on any atom is -0.334 e. The molecular formula is C13H19N5O. The van der Waals surface area contributed by atoms with Gasteiger partial charge in [-0.25, -0.2) is 0 Å². The molecule has 1 aliphatic heterocycles. The number of nitrogens with zero attached hydrogens (tertiary/aromatic N) is 4. The molecule has 1 saturated heterocycles. The molecule has 0 aliphatic carbocycles. The molecule has 0 saturated carbocycles. The van der Waals surface area contributed by atoms with E-state index in [0.29, 0.717) is 5.89 Å². The van der Waals surface area contributed by atoms with E-state index in [1.165, 1.54) is 12.8 Å². The predicted molar refractivity (Wildman–Crippen MR) is 70.6 cm³/mol. The van der Waals surface area contributed by atoms with Crippen LogP contribution < -0.4 is 5.32 Å². The van der Waals surface area contributed by atoms with Gasteiger partial charge in [0.1, 0.15) is 0 Å². The van der Waals surface area contributed by atoms with Crippen LogP contribution in [-0.4, -0.2) is 26.5 Å². The average Bonchev–Trinajstić information content (AvgIpc) is 2.97. The molecule has 2 aromatic heterocycles. The first-order valence-corrected chi connectivity index (χ1v) is 6.74. The van der Waals surface area contributed by atoms with Gasteiger partial charge in [-0.15, -0.1) is 0 Å². The summed E-state index contributed by atoms with van der Waals surface area (Å²) < 4.78 is 7.27. The standard InChI is InChI=1S/C13H19N5O/c1-8-11(9(2)18(3)16-8)13-15-12(17-19-13)10-6-4-5-7-14-10/h10,14H,4-7H2,1-3H3. The van der Waals surface area contributed by atoms with Crippen molar-refractivity contribution in [2.24, 2.45) is 7.05 Å². The highest BCUT2D eigenvalue weighted by Crippen LogP contribution is 2.27. The Kier molecular flexibility index (Phi) is 3.10. The fraction of sp³-hybridized carbons (Fsp3) is 0.615. The Morgan fingerprint density at radius 1 is 1.32 bits per heavy atom. The van der Waals surface area contributed by atoms with E-state index in [-0.39, 0.29) is 6.04 Å². The number of hydrogen-bond acceptors (Lipinski definition) is 5. The maximum Gasteiger partial charge on any atom is 0.261 e. The molecule has 1 unspecified atom stereocenters. The zero-order valence-corrected chi connectivity index (χ0v) is 11.6. The lowest BCUT2D eigenvalue weighted by atomic mass is 10.0. The van der Waals surface area contributed by atoms with E-state index in [4.69, 9.17) is 4.52 Å². The van der Waals surface area contributed by atoms with E-state index in [9.17, 15) is 0 Å². The van der Waals surface area contributed by atoms with Crippen molar-refractivity contribution in [1.82, 2.24) is 25.2 Å². The van der Waals surface area contributed by atoms with Crippen LogP contribution in [0.25, 0.3) is 11.5 Å². The maximum atomic E-state index is 5.42. The smallest absolute Gasteiger partial charge is 0.261 e.